The molecule has 6 nitrogen and oxygen atoms in total. The lowest BCUT2D eigenvalue weighted by molar-refractivity contribution is 0.446. The van der Waals surface area contributed by atoms with Gasteiger partial charge in [0.2, 0.25) is 10.0 Å². The highest BCUT2D eigenvalue weighted by molar-refractivity contribution is 14.0. The van der Waals surface area contributed by atoms with E-state index in [4.69, 9.17) is 0 Å². The molecular weight excluding hydrogens is 471 g/mol. The Morgan fingerprint density at radius 1 is 1.28 bits per heavy atom. The summed E-state index contributed by atoms with van der Waals surface area (Å²) in [6.45, 7) is 6.79. The maximum atomic E-state index is 11.4. The molecule has 0 fully saturated rings. The van der Waals surface area contributed by atoms with Gasteiger partial charge in [0.05, 0.1) is 6.26 Å². The first-order valence-corrected chi connectivity index (χ1v) is 10.7. The second kappa shape index (κ2) is 10.6. The van der Waals surface area contributed by atoms with Gasteiger partial charge in [-0.25, -0.2) is 13.1 Å². The summed E-state index contributed by atoms with van der Waals surface area (Å²) >= 11 is 1.72. The van der Waals surface area contributed by atoms with E-state index in [2.05, 4.69) is 51.7 Å². The molecule has 0 aromatic heterocycles. The third-order valence-electron chi connectivity index (χ3n) is 3.27. The Labute approximate surface area is 173 Å². The monoisotopic (exact) mass is 500 g/mol. The minimum Gasteiger partial charge on any atom is -0.355 e. The van der Waals surface area contributed by atoms with Crippen LogP contribution in [0.5, 0.6) is 0 Å². The molecule has 0 saturated heterocycles. The second-order valence-electron chi connectivity index (χ2n) is 6.35. The summed E-state index contributed by atoms with van der Waals surface area (Å²) in [5.41, 5.74) is 1.82. The van der Waals surface area contributed by atoms with E-state index in [-0.39, 0.29) is 24.0 Å². The van der Waals surface area contributed by atoms with Crippen molar-refractivity contribution in [3.05, 3.63) is 29.3 Å². The Balaban J connectivity index is 0.00000576. The average molecular weight is 500 g/mol. The number of guanidine groups is 1. The van der Waals surface area contributed by atoms with Crippen LogP contribution in [0.1, 0.15) is 25.0 Å². The fraction of sp³-hybridized carbons (Fsp3) is 0.562. The van der Waals surface area contributed by atoms with Gasteiger partial charge in [0.25, 0.3) is 0 Å². The van der Waals surface area contributed by atoms with E-state index in [1.807, 2.05) is 13.8 Å². The van der Waals surface area contributed by atoms with Crippen molar-refractivity contribution in [2.45, 2.75) is 37.8 Å². The minimum absolute atomic E-state index is 0. The van der Waals surface area contributed by atoms with Gasteiger partial charge in [0.1, 0.15) is 0 Å². The molecule has 0 amide bonds. The number of rotatable bonds is 7. The van der Waals surface area contributed by atoms with Crippen LogP contribution in [0, 0.1) is 6.92 Å². The SMILES string of the molecule is CN=C(NCc1ccc(C)cc1SC)NCC(C)(C)NS(C)(=O)=O.I. The topological polar surface area (TPSA) is 82.6 Å². The molecule has 144 valence electrons. The van der Waals surface area contributed by atoms with Crippen LogP contribution in [0.3, 0.4) is 0 Å². The van der Waals surface area contributed by atoms with Crippen molar-refractivity contribution < 1.29 is 8.42 Å². The predicted molar refractivity (Wildman–Crippen MR) is 119 cm³/mol. The maximum Gasteiger partial charge on any atom is 0.209 e. The average Bonchev–Trinajstić information content (AvgIpc) is 2.45. The van der Waals surface area contributed by atoms with E-state index in [9.17, 15) is 8.42 Å². The van der Waals surface area contributed by atoms with Crippen molar-refractivity contribution in [1.29, 1.82) is 0 Å². The molecule has 1 rings (SSSR count). The fourth-order valence-electron chi connectivity index (χ4n) is 2.24. The molecule has 0 aliphatic rings. The van der Waals surface area contributed by atoms with E-state index in [0.717, 1.165) is 6.26 Å². The van der Waals surface area contributed by atoms with Gasteiger partial charge in [0, 0.05) is 30.6 Å². The second-order valence-corrected chi connectivity index (χ2v) is 8.95. The number of nitrogens with zero attached hydrogens (tertiary/aromatic N) is 1. The van der Waals surface area contributed by atoms with E-state index >= 15 is 0 Å². The van der Waals surface area contributed by atoms with Crippen molar-refractivity contribution in [2.24, 2.45) is 4.99 Å². The van der Waals surface area contributed by atoms with E-state index in [1.165, 1.54) is 16.0 Å². The molecule has 3 N–H and O–H groups in total. The number of halogens is 1. The summed E-state index contributed by atoms with van der Waals surface area (Å²) in [6.07, 6.45) is 3.22. The molecule has 0 heterocycles. The van der Waals surface area contributed by atoms with Gasteiger partial charge in [-0.15, -0.1) is 35.7 Å². The summed E-state index contributed by atoms with van der Waals surface area (Å²) < 4.78 is 25.4. The van der Waals surface area contributed by atoms with Gasteiger partial charge >= 0.3 is 0 Å². The van der Waals surface area contributed by atoms with E-state index < -0.39 is 15.6 Å². The lowest BCUT2D eigenvalue weighted by Crippen LogP contribution is -2.52. The lowest BCUT2D eigenvalue weighted by atomic mass is 10.1. The zero-order valence-electron chi connectivity index (χ0n) is 15.6. The first-order chi connectivity index (χ1) is 11.1. The van der Waals surface area contributed by atoms with Crippen LogP contribution >= 0.6 is 35.7 Å². The van der Waals surface area contributed by atoms with Crippen molar-refractivity contribution in [3.8, 4) is 0 Å². The summed E-state index contributed by atoms with van der Waals surface area (Å²) in [7, 11) is -1.57. The van der Waals surface area contributed by atoms with Gasteiger partial charge in [-0.2, -0.15) is 0 Å². The van der Waals surface area contributed by atoms with E-state index in [1.54, 1.807) is 18.8 Å². The number of nitrogens with one attached hydrogen (secondary N) is 3. The smallest absolute Gasteiger partial charge is 0.209 e. The molecule has 0 radical (unpaired) electrons. The zero-order chi connectivity index (χ0) is 18.4. The van der Waals surface area contributed by atoms with Crippen LogP contribution in [0.4, 0.5) is 0 Å². The van der Waals surface area contributed by atoms with Gasteiger partial charge in [-0.3, -0.25) is 4.99 Å². The molecule has 1 aromatic rings. The number of thioether (sulfide) groups is 1. The highest BCUT2D eigenvalue weighted by Crippen LogP contribution is 2.21. The van der Waals surface area contributed by atoms with Gasteiger partial charge in [-0.1, -0.05) is 12.1 Å². The molecule has 0 saturated carbocycles. The van der Waals surface area contributed by atoms with Crippen molar-refractivity contribution in [1.82, 2.24) is 15.4 Å². The van der Waals surface area contributed by atoms with Crippen LogP contribution in [-0.2, 0) is 16.6 Å². The largest absolute Gasteiger partial charge is 0.355 e. The first kappa shape index (κ1) is 24.5. The molecule has 1 aromatic carbocycles. The summed E-state index contributed by atoms with van der Waals surface area (Å²) in [6, 6.07) is 6.36. The van der Waals surface area contributed by atoms with Crippen molar-refractivity contribution >= 4 is 51.7 Å². The lowest BCUT2D eigenvalue weighted by Gasteiger charge is -2.26. The Bertz CT molecular complexity index is 691. The molecule has 0 aliphatic carbocycles. The minimum atomic E-state index is -3.26. The Morgan fingerprint density at radius 3 is 2.44 bits per heavy atom. The van der Waals surface area contributed by atoms with E-state index in [0.29, 0.717) is 19.0 Å². The molecule has 0 unspecified atom stereocenters. The third kappa shape index (κ3) is 9.66. The zero-order valence-corrected chi connectivity index (χ0v) is 19.6. The number of sulfonamides is 1. The van der Waals surface area contributed by atoms with Crippen LogP contribution in [0.15, 0.2) is 28.1 Å². The number of aliphatic imine (C=N–C) groups is 1. The highest BCUT2D eigenvalue weighted by Gasteiger charge is 2.22. The van der Waals surface area contributed by atoms with Crippen molar-refractivity contribution in [3.63, 3.8) is 0 Å². The summed E-state index contributed by atoms with van der Waals surface area (Å²) in [5, 5.41) is 6.42. The molecule has 0 bridgehead atoms. The van der Waals surface area contributed by atoms with Gasteiger partial charge in [-0.05, 0) is 44.2 Å². The quantitative estimate of drug-likeness (QED) is 0.232. The Hall–Kier alpha value is -0.520. The Kier molecular flexibility index (Phi) is 10.4. The summed E-state index contributed by atoms with van der Waals surface area (Å²) in [4.78, 5) is 5.42. The Morgan fingerprint density at radius 2 is 1.92 bits per heavy atom. The molecule has 0 aliphatic heterocycles. The van der Waals surface area contributed by atoms with Gasteiger partial charge < -0.3 is 10.6 Å². The van der Waals surface area contributed by atoms with Crippen LogP contribution < -0.4 is 15.4 Å². The summed E-state index contributed by atoms with van der Waals surface area (Å²) in [5.74, 6) is 0.631. The highest BCUT2D eigenvalue weighted by atomic mass is 127. The predicted octanol–water partition coefficient (Wildman–Crippen LogP) is 2.33. The standard InChI is InChI=1S/C16H28N4O2S2.HI/c1-12-7-8-13(14(9-12)23-5)10-18-15(17-4)19-11-16(2,3)20-24(6,21)22;/h7-9,20H,10-11H2,1-6H3,(H2,17,18,19);1H. The molecule has 0 atom stereocenters. The van der Waals surface area contributed by atoms with Crippen LogP contribution in [-0.4, -0.2) is 46.0 Å². The molecule has 25 heavy (non-hydrogen) atoms. The third-order valence-corrected chi connectivity index (χ3v) is 5.02. The first-order valence-electron chi connectivity index (χ1n) is 7.63. The molecule has 9 heteroatoms. The normalized spacial score (nSPS) is 12.5. The van der Waals surface area contributed by atoms with Crippen LogP contribution in [0.2, 0.25) is 0 Å². The number of benzene rings is 1. The maximum absolute atomic E-state index is 11.4. The number of hydrogen-bond acceptors (Lipinski definition) is 4. The number of aryl methyl sites for hydroxylation is 1. The fourth-order valence-corrected chi connectivity index (χ4v) is 4.02. The van der Waals surface area contributed by atoms with Crippen molar-refractivity contribution in [2.75, 3.05) is 26.1 Å². The van der Waals surface area contributed by atoms with Gasteiger partial charge in [0.15, 0.2) is 5.96 Å². The number of hydrogen-bond donors (Lipinski definition) is 3. The molecule has 0 spiro atoms. The molecular formula is C16H29IN4O2S2. The van der Waals surface area contributed by atoms with Crippen LogP contribution in [0.25, 0.3) is 0 Å².